The van der Waals surface area contributed by atoms with Crippen LogP contribution >= 0.6 is 0 Å². The Morgan fingerprint density at radius 1 is 1.00 bits per heavy atom. The average molecular weight is 245 g/mol. The van der Waals surface area contributed by atoms with Crippen molar-refractivity contribution in [1.29, 1.82) is 0 Å². The number of alkyl halides is 2. The predicted octanol–water partition coefficient (Wildman–Crippen LogP) is 4.11. The van der Waals surface area contributed by atoms with E-state index in [2.05, 4.69) is 0 Å². The van der Waals surface area contributed by atoms with E-state index in [9.17, 15) is 8.78 Å². The molecule has 0 heterocycles. The fraction of sp³-hybridized carbons (Fsp3) is 1.00. The van der Waals surface area contributed by atoms with Crippen LogP contribution in [0.2, 0.25) is 0 Å². The maximum absolute atomic E-state index is 13.3. The molecule has 0 aromatic heterocycles. The van der Waals surface area contributed by atoms with Crippen LogP contribution in [0.4, 0.5) is 8.78 Å². The van der Waals surface area contributed by atoms with Gasteiger partial charge in [-0.3, -0.25) is 0 Å². The van der Waals surface area contributed by atoms with Gasteiger partial charge in [0.1, 0.15) is 0 Å². The van der Waals surface area contributed by atoms with E-state index in [0.29, 0.717) is 6.42 Å². The molecule has 1 nitrogen and oxygen atoms in total. The van der Waals surface area contributed by atoms with Gasteiger partial charge in [-0.25, -0.2) is 8.78 Å². The van der Waals surface area contributed by atoms with Crippen LogP contribution in [0.3, 0.4) is 0 Å². The highest BCUT2D eigenvalue weighted by Crippen LogP contribution is 2.39. The van der Waals surface area contributed by atoms with E-state index in [1.54, 1.807) is 0 Å². The zero-order valence-electron chi connectivity index (χ0n) is 10.6. The lowest BCUT2D eigenvalue weighted by atomic mass is 9.81. The third-order valence-electron chi connectivity index (χ3n) is 4.49. The Balaban J connectivity index is 1.72. The van der Waals surface area contributed by atoms with Gasteiger partial charge in [-0.2, -0.15) is 0 Å². The monoisotopic (exact) mass is 245 g/mol. The van der Waals surface area contributed by atoms with Crippen molar-refractivity contribution >= 4 is 0 Å². The van der Waals surface area contributed by atoms with E-state index in [1.165, 1.54) is 25.7 Å². The number of halogens is 2. The first-order chi connectivity index (χ1) is 8.05. The van der Waals surface area contributed by atoms with Gasteiger partial charge in [0, 0.05) is 18.9 Å². The summed E-state index contributed by atoms with van der Waals surface area (Å²) >= 11 is 0. The van der Waals surface area contributed by atoms with Gasteiger partial charge < -0.3 is 5.73 Å². The van der Waals surface area contributed by atoms with Gasteiger partial charge in [-0.05, 0) is 37.5 Å². The quantitative estimate of drug-likeness (QED) is 0.792. The van der Waals surface area contributed by atoms with Crippen molar-refractivity contribution in [3.8, 4) is 0 Å². The lowest BCUT2D eigenvalue weighted by Crippen LogP contribution is -2.32. The molecule has 0 spiro atoms. The lowest BCUT2D eigenvalue weighted by molar-refractivity contribution is -0.0545. The van der Waals surface area contributed by atoms with Crippen LogP contribution in [-0.4, -0.2) is 12.0 Å². The number of rotatable bonds is 4. The number of nitrogens with two attached hydrogens (primary N) is 1. The molecule has 2 N–H and O–H groups in total. The molecule has 2 atom stereocenters. The van der Waals surface area contributed by atoms with E-state index in [1.807, 2.05) is 0 Å². The molecule has 0 aliphatic heterocycles. The summed E-state index contributed by atoms with van der Waals surface area (Å²) in [5.74, 6) is -1.49. The van der Waals surface area contributed by atoms with Gasteiger partial charge >= 0.3 is 0 Å². The second kappa shape index (κ2) is 5.64. The molecule has 0 aromatic rings. The first kappa shape index (κ1) is 13.3. The minimum atomic E-state index is -2.42. The van der Waals surface area contributed by atoms with Gasteiger partial charge in [-0.1, -0.05) is 25.7 Å². The van der Waals surface area contributed by atoms with Crippen LogP contribution in [0, 0.1) is 11.8 Å². The third kappa shape index (κ3) is 4.20. The topological polar surface area (TPSA) is 26.0 Å². The van der Waals surface area contributed by atoms with E-state index >= 15 is 0 Å². The molecule has 2 aliphatic carbocycles. The minimum absolute atomic E-state index is 0.0748. The molecule has 100 valence electrons. The van der Waals surface area contributed by atoms with Crippen molar-refractivity contribution < 1.29 is 8.78 Å². The Kier molecular flexibility index (Phi) is 4.40. The Hall–Kier alpha value is -0.180. The molecule has 0 radical (unpaired) electrons. The van der Waals surface area contributed by atoms with Gasteiger partial charge in [0.25, 0.3) is 0 Å². The van der Waals surface area contributed by atoms with Crippen LogP contribution in [0.1, 0.15) is 64.2 Å². The van der Waals surface area contributed by atoms with Crippen LogP contribution in [0.15, 0.2) is 0 Å². The van der Waals surface area contributed by atoms with Gasteiger partial charge in [0.2, 0.25) is 5.92 Å². The second-order valence-corrected chi connectivity index (χ2v) is 6.20. The van der Waals surface area contributed by atoms with Crippen molar-refractivity contribution in [1.82, 2.24) is 0 Å². The van der Waals surface area contributed by atoms with Gasteiger partial charge in [0.05, 0.1) is 0 Å². The Morgan fingerprint density at radius 2 is 1.59 bits per heavy atom. The summed E-state index contributed by atoms with van der Waals surface area (Å²) in [7, 11) is 0. The van der Waals surface area contributed by atoms with E-state index < -0.39 is 5.92 Å². The Bertz CT molecular complexity index is 236. The van der Waals surface area contributed by atoms with Crippen molar-refractivity contribution in [2.45, 2.75) is 76.2 Å². The largest absolute Gasteiger partial charge is 0.328 e. The SMILES string of the molecule is NC(CC1CCCC1)CC1CCCC(F)(F)C1. The summed E-state index contributed by atoms with van der Waals surface area (Å²) in [6.45, 7) is 0. The van der Waals surface area contributed by atoms with Crippen LogP contribution in [0.5, 0.6) is 0 Å². The van der Waals surface area contributed by atoms with Gasteiger partial charge in [0.15, 0.2) is 0 Å². The van der Waals surface area contributed by atoms with Crippen LogP contribution in [0.25, 0.3) is 0 Å². The molecule has 2 rings (SSSR count). The summed E-state index contributed by atoms with van der Waals surface area (Å²) < 4.78 is 26.5. The maximum Gasteiger partial charge on any atom is 0.248 e. The van der Waals surface area contributed by atoms with E-state index in [-0.39, 0.29) is 24.8 Å². The molecule has 2 saturated carbocycles. The molecule has 3 heteroatoms. The minimum Gasteiger partial charge on any atom is -0.328 e. The standard InChI is InChI=1S/C14H25F2N/c15-14(16)7-3-6-12(10-14)9-13(17)8-11-4-1-2-5-11/h11-13H,1-10,17H2. The number of hydrogen-bond donors (Lipinski definition) is 1. The van der Waals surface area contributed by atoms with Crippen LogP contribution in [-0.2, 0) is 0 Å². The van der Waals surface area contributed by atoms with Crippen LogP contribution < -0.4 is 5.73 Å². The fourth-order valence-corrected chi connectivity index (χ4v) is 3.68. The predicted molar refractivity (Wildman–Crippen MR) is 66.1 cm³/mol. The summed E-state index contributed by atoms with van der Waals surface area (Å²) in [4.78, 5) is 0. The molecule has 0 saturated heterocycles. The Labute approximate surface area is 103 Å². The highest BCUT2D eigenvalue weighted by atomic mass is 19.3. The summed E-state index contributed by atoms with van der Waals surface area (Å²) in [6, 6.07) is 0.150. The average Bonchev–Trinajstić information content (AvgIpc) is 2.68. The fourth-order valence-electron chi connectivity index (χ4n) is 3.68. The highest BCUT2D eigenvalue weighted by Gasteiger charge is 2.36. The molecule has 0 aromatic carbocycles. The van der Waals surface area contributed by atoms with Crippen molar-refractivity contribution in [3.05, 3.63) is 0 Å². The molecule has 17 heavy (non-hydrogen) atoms. The lowest BCUT2D eigenvalue weighted by Gasteiger charge is -2.31. The number of hydrogen-bond acceptors (Lipinski definition) is 1. The van der Waals surface area contributed by atoms with E-state index in [0.717, 1.165) is 25.2 Å². The first-order valence-electron chi connectivity index (χ1n) is 7.18. The highest BCUT2D eigenvalue weighted by molar-refractivity contribution is 4.82. The van der Waals surface area contributed by atoms with Gasteiger partial charge in [-0.15, -0.1) is 0 Å². The summed E-state index contributed by atoms with van der Waals surface area (Å²) in [6.07, 6.45) is 8.92. The van der Waals surface area contributed by atoms with Crippen molar-refractivity contribution in [3.63, 3.8) is 0 Å². The molecular formula is C14H25F2N. The Morgan fingerprint density at radius 3 is 2.24 bits per heavy atom. The van der Waals surface area contributed by atoms with Crippen molar-refractivity contribution in [2.24, 2.45) is 17.6 Å². The molecular weight excluding hydrogens is 220 g/mol. The maximum atomic E-state index is 13.3. The summed E-state index contributed by atoms with van der Waals surface area (Å²) in [5, 5.41) is 0. The normalized spacial score (nSPS) is 31.6. The zero-order valence-corrected chi connectivity index (χ0v) is 10.6. The van der Waals surface area contributed by atoms with E-state index in [4.69, 9.17) is 5.73 Å². The molecule has 2 fully saturated rings. The molecule has 0 amide bonds. The summed E-state index contributed by atoms with van der Waals surface area (Å²) in [5.41, 5.74) is 6.13. The smallest absolute Gasteiger partial charge is 0.248 e. The first-order valence-corrected chi connectivity index (χ1v) is 7.18. The molecule has 2 aliphatic rings. The molecule has 2 unspecified atom stereocenters. The molecule has 0 bridgehead atoms. The zero-order chi connectivity index (χ0) is 12.3. The van der Waals surface area contributed by atoms with Crippen molar-refractivity contribution in [2.75, 3.05) is 0 Å². The second-order valence-electron chi connectivity index (χ2n) is 6.20. The third-order valence-corrected chi connectivity index (χ3v) is 4.49.